The van der Waals surface area contributed by atoms with Crippen LogP contribution in [0.5, 0.6) is 0 Å². The molecule has 1 N–H and O–H groups in total. The summed E-state index contributed by atoms with van der Waals surface area (Å²) in [6, 6.07) is 4.74. The molecule has 0 bridgehead atoms. The lowest BCUT2D eigenvalue weighted by molar-refractivity contribution is 0.567. The zero-order valence-corrected chi connectivity index (χ0v) is 11.8. The van der Waals surface area contributed by atoms with Crippen LogP contribution in [0.3, 0.4) is 0 Å². The number of hydrogen-bond donors (Lipinski definition) is 1. The molecule has 102 valence electrons. The van der Waals surface area contributed by atoms with Crippen LogP contribution in [0.4, 0.5) is 20.4 Å². The van der Waals surface area contributed by atoms with E-state index in [1.807, 2.05) is 24.4 Å². The van der Waals surface area contributed by atoms with Crippen LogP contribution in [0.15, 0.2) is 23.6 Å². The topological polar surface area (TPSA) is 28.2 Å². The van der Waals surface area contributed by atoms with Gasteiger partial charge in [0, 0.05) is 25.0 Å². The maximum absolute atomic E-state index is 13.9. The van der Waals surface area contributed by atoms with E-state index in [0.29, 0.717) is 0 Å². The van der Waals surface area contributed by atoms with E-state index in [9.17, 15) is 8.78 Å². The third kappa shape index (κ3) is 2.68. The SMILES string of the molecule is CNc1nc(N(C)C(C)c2cccs2)c(F)cc1F. The van der Waals surface area contributed by atoms with Gasteiger partial charge in [-0.1, -0.05) is 6.07 Å². The van der Waals surface area contributed by atoms with E-state index in [0.717, 1.165) is 10.9 Å². The number of halogens is 2. The molecule has 2 aromatic rings. The van der Waals surface area contributed by atoms with Gasteiger partial charge in [-0.15, -0.1) is 11.3 Å². The van der Waals surface area contributed by atoms with Crippen molar-refractivity contribution in [2.45, 2.75) is 13.0 Å². The summed E-state index contributed by atoms with van der Waals surface area (Å²) >= 11 is 1.59. The lowest BCUT2D eigenvalue weighted by Crippen LogP contribution is -2.23. The molecule has 0 aliphatic rings. The fourth-order valence-corrected chi connectivity index (χ4v) is 2.61. The van der Waals surface area contributed by atoms with Crippen LogP contribution in [0.2, 0.25) is 0 Å². The van der Waals surface area contributed by atoms with Crippen LogP contribution in [-0.4, -0.2) is 19.1 Å². The van der Waals surface area contributed by atoms with Crippen molar-refractivity contribution in [3.05, 3.63) is 40.1 Å². The Balaban J connectivity index is 2.35. The number of nitrogens with zero attached hydrogens (tertiary/aromatic N) is 2. The molecule has 1 unspecified atom stereocenters. The van der Waals surface area contributed by atoms with Crippen molar-refractivity contribution in [1.82, 2.24) is 4.98 Å². The van der Waals surface area contributed by atoms with Crippen molar-refractivity contribution in [1.29, 1.82) is 0 Å². The Morgan fingerprint density at radius 1 is 1.37 bits per heavy atom. The largest absolute Gasteiger partial charge is 0.371 e. The molecule has 0 saturated heterocycles. The average Bonchev–Trinajstić information content (AvgIpc) is 2.91. The van der Waals surface area contributed by atoms with Crippen molar-refractivity contribution in [3.8, 4) is 0 Å². The molecule has 0 radical (unpaired) electrons. The Hall–Kier alpha value is -1.69. The van der Waals surface area contributed by atoms with Crippen molar-refractivity contribution in [2.75, 3.05) is 24.3 Å². The third-order valence-corrected chi connectivity index (χ3v) is 4.06. The Kier molecular flexibility index (Phi) is 3.99. The highest BCUT2D eigenvalue weighted by atomic mass is 32.1. The molecular weight excluding hydrogens is 268 g/mol. The summed E-state index contributed by atoms with van der Waals surface area (Å²) in [7, 11) is 3.29. The maximum Gasteiger partial charge on any atom is 0.168 e. The summed E-state index contributed by atoms with van der Waals surface area (Å²) in [5.41, 5.74) is 0. The number of anilines is 2. The van der Waals surface area contributed by atoms with Gasteiger partial charge in [-0.2, -0.15) is 0 Å². The van der Waals surface area contributed by atoms with Crippen LogP contribution in [0.25, 0.3) is 0 Å². The second-order valence-corrected chi connectivity index (χ2v) is 5.16. The van der Waals surface area contributed by atoms with E-state index < -0.39 is 11.6 Å². The van der Waals surface area contributed by atoms with Gasteiger partial charge in [0.2, 0.25) is 0 Å². The average molecular weight is 283 g/mol. The third-order valence-electron chi connectivity index (χ3n) is 3.02. The molecule has 0 spiro atoms. The monoisotopic (exact) mass is 283 g/mol. The van der Waals surface area contributed by atoms with Gasteiger partial charge in [-0.25, -0.2) is 13.8 Å². The molecule has 6 heteroatoms. The Labute approximate surface area is 114 Å². The van der Waals surface area contributed by atoms with Gasteiger partial charge in [0.05, 0.1) is 6.04 Å². The normalized spacial score (nSPS) is 12.3. The number of rotatable bonds is 4. The maximum atomic E-state index is 13.9. The number of nitrogens with one attached hydrogen (secondary N) is 1. The molecule has 2 heterocycles. The van der Waals surface area contributed by atoms with E-state index in [4.69, 9.17) is 0 Å². The molecule has 0 aliphatic carbocycles. The minimum absolute atomic E-state index is 0.0304. The van der Waals surface area contributed by atoms with E-state index >= 15 is 0 Å². The van der Waals surface area contributed by atoms with Crippen molar-refractivity contribution < 1.29 is 8.78 Å². The molecule has 1 atom stereocenters. The summed E-state index contributed by atoms with van der Waals surface area (Å²) < 4.78 is 27.2. The Morgan fingerprint density at radius 2 is 2.11 bits per heavy atom. The van der Waals surface area contributed by atoms with Crippen LogP contribution < -0.4 is 10.2 Å². The van der Waals surface area contributed by atoms with Crippen molar-refractivity contribution in [2.24, 2.45) is 0 Å². The van der Waals surface area contributed by atoms with Gasteiger partial charge in [0.15, 0.2) is 23.3 Å². The number of aromatic nitrogens is 1. The molecule has 19 heavy (non-hydrogen) atoms. The molecule has 0 saturated carbocycles. The lowest BCUT2D eigenvalue weighted by atomic mass is 10.2. The summed E-state index contributed by atoms with van der Waals surface area (Å²) in [5, 5.41) is 4.58. The van der Waals surface area contributed by atoms with Crippen molar-refractivity contribution >= 4 is 23.0 Å². The van der Waals surface area contributed by atoms with E-state index in [1.165, 1.54) is 0 Å². The van der Waals surface area contributed by atoms with Crippen LogP contribution in [-0.2, 0) is 0 Å². The Bertz CT molecular complexity index is 557. The van der Waals surface area contributed by atoms with Gasteiger partial charge < -0.3 is 10.2 Å². The van der Waals surface area contributed by atoms with Gasteiger partial charge >= 0.3 is 0 Å². The second-order valence-electron chi connectivity index (χ2n) is 4.18. The minimum atomic E-state index is -0.694. The zero-order chi connectivity index (χ0) is 14.0. The molecule has 0 aliphatic heterocycles. The fraction of sp³-hybridized carbons (Fsp3) is 0.308. The van der Waals surface area contributed by atoms with Gasteiger partial charge in [-0.05, 0) is 18.4 Å². The summed E-state index contributed by atoms with van der Waals surface area (Å²) in [5.74, 6) is -1.18. The first-order valence-electron chi connectivity index (χ1n) is 5.84. The molecule has 0 amide bonds. The fourth-order valence-electron chi connectivity index (χ4n) is 1.78. The first-order chi connectivity index (χ1) is 9.04. The molecule has 0 fully saturated rings. The van der Waals surface area contributed by atoms with Crippen LogP contribution >= 0.6 is 11.3 Å². The second kappa shape index (κ2) is 5.52. The van der Waals surface area contributed by atoms with E-state index in [-0.39, 0.29) is 17.7 Å². The van der Waals surface area contributed by atoms with E-state index in [2.05, 4.69) is 10.3 Å². The molecule has 2 rings (SSSR count). The first kappa shape index (κ1) is 13.7. The molecule has 2 aromatic heterocycles. The highest BCUT2D eigenvalue weighted by molar-refractivity contribution is 7.10. The standard InChI is InChI=1S/C13H15F2N3S/c1-8(11-5-4-6-19-11)18(3)13-10(15)7-9(14)12(16-2)17-13/h4-8H,1-3H3,(H,16,17). The number of pyridine rings is 1. The molecule has 3 nitrogen and oxygen atoms in total. The summed E-state index contributed by atoms with van der Waals surface area (Å²) in [6.45, 7) is 1.95. The predicted octanol–water partition coefficient (Wildman–Crippen LogP) is 3.66. The van der Waals surface area contributed by atoms with E-state index in [1.54, 1.807) is 30.3 Å². The highest BCUT2D eigenvalue weighted by Crippen LogP contribution is 2.30. The first-order valence-corrected chi connectivity index (χ1v) is 6.72. The summed E-state index contributed by atoms with van der Waals surface area (Å²) in [4.78, 5) is 6.78. The summed E-state index contributed by atoms with van der Waals surface area (Å²) in [6.07, 6.45) is 0. The minimum Gasteiger partial charge on any atom is -0.371 e. The number of hydrogen-bond acceptors (Lipinski definition) is 4. The lowest BCUT2D eigenvalue weighted by Gasteiger charge is -2.26. The van der Waals surface area contributed by atoms with Gasteiger partial charge in [0.1, 0.15) is 0 Å². The Morgan fingerprint density at radius 3 is 2.68 bits per heavy atom. The van der Waals surface area contributed by atoms with Crippen LogP contribution in [0.1, 0.15) is 17.8 Å². The molecular formula is C13H15F2N3S. The molecule has 0 aromatic carbocycles. The van der Waals surface area contributed by atoms with Crippen molar-refractivity contribution in [3.63, 3.8) is 0 Å². The quantitative estimate of drug-likeness (QED) is 0.928. The smallest absolute Gasteiger partial charge is 0.168 e. The number of thiophene rings is 1. The zero-order valence-electron chi connectivity index (χ0n) is 10.9. The highest BCUT2D eigenvalue weighted by Gasteiger charge is 2.20. The predicted molar refractivity (Wildman–Crippen MR) is 74.8 cm³/mol. The van der Waals surface area contributed by atoms with Gasteiger partial charge in [0.25, 0.3) is 0 Å². The van der Waals surface area contributed by atoms with Gasteiger partial charge in [-0.3, -0.25) is 0 Å². The van der Waals surface area contributed by atoms with Crippen LogP contribution in [0, 0.1) is 11.6 Å².